The SMILES string of the molecule is CSc1nc(CN2CCCCC2)c(C)[nH]1. The molecule has 4 heteroatoms. The van der Waals surface area contributed by atoms with E-state index in [0.717, 1.165) is 11.7 Å². The summed E-state index contributed by atoms with van der Waals surface area (Å²) in [6, 6.07) is 0. The van der Waals surface area contributed by atoms with E-state index in [1.165, 1.54) is 43.7 Å². The van der Waals surface area contributed by atoms with Crippen molar-refractivity contribution in [2.75, 3.05) is 19.3 Å². The number of piperidine rings is 1. The number of hydrogen-bond acceptors (Lipinski definition) is 3. The maximum atomic E-state index is 4.59. The van der Waals surface area contributed by atoms with Crippen LogP contribution in [-0.2, 0) is 6.54 Å². The Hall–Kier alpha value is -0.480. The van der Waals surface area contributed by atoms with Gasteiger partial charge in [0.15, 0.2) is 5.16 Å². The molecule has 2 heterocycles. The summed E-state index contributed by atoms with van der Waals surface area (Å²) in [5.74, 6) is 0. The monoisotopic (exact) mass is 225 g/mol. The lowest BCUT2D eigenvalue weighted by Crippen LogP contribution is -2.29. The number of H-pyrrole nitrogens is 1. The standard InChI is InChI=1S/C11H19N3S/c1-9-10(13-11(12-9)15-2)8-14-6-4-3-5-7-14/h3-8H2,1-2H3,(H,12,13). The molecule has 1 aromatic heterocycles. The van der Waals surface area contributed by atoms with Gasteiger partial charge in [-0.05, 0) is 39.1 Å². The highest BCUT2D eigenvalue weighted by atomic mass is 32.2. The van der Waals surface area contributed by atoms with Gasteiger partial charge in [0.25, 0.3) is 0 Å². The molecule has 1 fully saturated rings. The van der Waals surface area contributed by atoms with Gasteiger partial charge in [0.05, 0.1) is 5.69 Å². The Bertz CT molecular complexity index is 316. The van der Waals surface area contributed by atoms with Crippen LogP contribution in [0.2, 0.25) is 0 Å². The number of aromatic nitrogens is 2. The van der Waals surface area contributed by atoms with Crippen molar-refractivity contribution >= 4 is 11.8 Å². The van der Waals surface area contributed by atoms with Crippen molar-refractivity contribution in [1.29, 1.82) is 0 Å². The molecule has 3 nitrogen and oxygen atoms in total. The molecule has 1 aliphatic heterocycles. The third-order valence-electron chi connectivity index (χ3n) is 2.98. The van der Waals surface area contributed by atoms with Gasteiger partial charge in [-0.15, -0.1) is 0 Å². The Balaban J connectivity index is 1.99. The average molecular weight is 225 g/mol. The fourth-order valence-corrected chi connectivity index (χ4v) is 2.50. The second-order valence-corrected chi connectivity index (χ2v) is 4.95. The normalized spacial score (nSPS) is 18.3. The van der Waals surface area contributed by atoms with Crippen LogP contribution in [0.25, 0.3) is 0 Å². The highest BCUT2D eigenvalue weighted by Crippen LogP contribution is 2.17. The third kappa shape index (κ3) is 2.75. The largest absolute Gasteiger partial charge is 0.337 e. The van der Waals surface area contributed by atoms with Gasteiger partial charge in [-0.25, -0.2) is 4.98 Å². The number of aromatic amines is 1. The Kier molecular flexibility index (Phi) is 3.70. The molecule has 0 saturated carbocycles. The third-order valence-corrected chi connectivity index (χ3v) is 3.56. The molecule has 15 heavy (non-hydrogen) atoms. The first-order valence-electron chi connectivity index (χ1n) is 5.61. The molecule has 0 unspecified atom stereocenters. The Morgan fingerprint density at radius 1 is 1.33 bits per heavy atom. The van der Waals surface area contributed by atoms with E-state index in [2.05, 4.69) is 28.0 Å². The molecule has 1 aromatic rings. The second kappa shape index (κ2) is 5.03. The molecule has 0 spiro atoms. The van der Waals surface area contributed by atoms with Crippen molar-refractivity contribution in [1.82, 2.24) is 14.9 Å². The van der Waals surface area contributed by atoms with Crippen LogP contribution in [0.15, 0.2) is 5.16 Å². The van der Waals surface area contributed by atoms with Gasteiger partial charge in [-0.2, -0.15) is 0 Å². The highest BCUT2D eigenvalue weighted by molar-refractivity contribution is 7.98. The molecule has 0 radical (unpaired) electrons. The first kappa shape index (κ1) is 11.0. The predicted octanol–water partition coefficient (Wildman–Crippen LogP) is 2.43. The lowest BCUT2D eigenvalue weighted by atomic mass is 10.1. The summed E-state index contributed by atoms with van der Waals surface area (Å²) in [7, 11) is 0. The van der Waals surface area contributed by atoms with E-state index in [9.17, 15) is 0 Å². The van der Waals surface area contributed by atoms with Gasteiger partial charge in [-0.1, -0.05) is 18.2 Å². The number of aryl methyl sites for hydroxylation is 1. The Labute approximate surface area is 95.7 Å². The topological polar surface area (TPSA) is 31.9 Å². The second-order valence-electron chi connectivity index (χ2n) is 4.15. The number of nitrogens with one attached hydrogen (secondary N) is 1. The van der Waals surface area contributed by atoms with Crippen LogP contribution in [0.5, 0.6) is 0 Å². The lowest BCUT2D eigenvalue weighted by molar-refractivity contribution is 0.218. The molecule has 0 aliphatic carbocycles. The Morgan fingerprint density at radius 3 is 2.67 bits per heavy atom. The molecule has 0 atom stereocenters. The summed E-state index contributed by atoms with van der Waals surface area (Å²) >= 11 is 1.68. The van der Waals surface area contributed by atoms with E-state index in [-0.39, 0.29) is 0 Å². The summed E-state index contributed by atoms with van der Waals surface area (Å²) < 4.78 is 0. The summed E-state index contributed by atoms with van der Waals surface area (Å²) in [4.78, 5) is 10.4. The minimum atomic E-state index is 1.02. The van der Waals surface area contributed by atoms with Gasteiger partial charge in [-0.3, -0.25) is 4.90 Å². The van der Waals surface area contributed by atoms with Crippen LogP contribution in [-0.4, -0.2) is 34.2 Å². The minimum absolute atomic E-state index is 1.02. The van der Waals surface area contributed by atoms with Crippen molar-refractivity contribution in [3.8, 4) is 0 Å². The highest BCUT2D eigenvalue weighted by Gasteiger charge is 2.13. The maximum absolute atomic E-state index is 4.59. The molecule has 1 N–H and O–H groups in total. The number of nitrogens with zero attached hydrogens (tertiary/aromatic N) is 2. The number of imidazole rings is 1. The van der Waals surface area contributed by atoms with Crippen molar-refractivity contribution in [2.24, 2.45) is 0 Å². The van der Waals surface area contributed by atoms with Crippen LogP contribution < -0.4 is 0 Å². The van der Waals surface area contributed by atoms with Crippen LogP contribution in [0.4, 0.5) is 0 Å². The summed E-state index contributed by atoms with van der Waals surface area (Å²) in [6.07, 6.45) is 6.15. The molecule has 0 aromatic carbocycles. The molecular weight excluding hydrogens is 206 g/mol. The van der Waals surface area contributed by atoms with Crippen LogP contribution >= 0.6 is 11.8 Å². The fraction of sp³-hybridized carbons (Fsp3) is 0.727. The van der Waals surface area contributed by atoms with Crippen molar-refractivity contribution in [2.45, 2.75) is 37.9 Å². The number of hydrogen-bond donors (Lipinski definition) is 1. The summed E-state index contributed by atoms with van der Waals surface area (Å²) in [5, 5.41) is 1.04. The van der Waals surface area contributed by atoms with Gasteiger partial charge in [0.1, 0.15) is 0 Å². The molecule has 1 saturated heterocycles. The van der Waals surface area contributed by atoms with E-state index >= 15 is 0 Å². The van der Waals surface area contributed by atoms with Crippen molar-refractivity contribution in [3.63, 3.8) is 0 Å². The number of likely N-dealkylation sites (tertiary alicyclic amines) is 1. The van der Waals surface area contributed by atoms with E-state index in [1.54, 1.807) is 11.8 Å². The van der Waals surface area contributed by atoms with Crippen molar-refractivity contribution < 1.29 is 0 Å². The van der Waals surface area contributed by atoms with Crippen LogP contribution in [0.3, 0.4) is 0 Å². The van der Waals surface area contributed by atoms with Gasteiger partial charge < -0.3 is 4.98 Å². The first-order chi connectivity index (χ1) is 7.29. The summed E-state index contributed by atoms with van der Waals surface area (Å²) in [6.45, 7) is 5.61. The minimum Gasteiger partial charge on any atom is -0.337 e. The van der Waals surface area contributed by atoms with Gasteiger partial charge in [0, 0.05) is 12.2 Å². The van der Waals surface area contributed by atoms with Crippen LogP contribution in [0, 0.1) is 6.92 Å². The van der Waals surface area contributed by atoms with Gasteiger partial charge >= 0.3 is 0 Å². The maximum Gasteiger partial charge on any atom is 0.165 e. The van der Waals surface area contributed by atoms with E-state index in [0.29, 0.717) is 0 Å². The first-order valence-corrected chi connectivity index (χ1v) is 6.84. The molecular formula is C11H19N3S. The zero-order chi connectivity index (χ0) is 10.7. The van der Waals surface area contributed by atoms with E-state index in [4.69, 9.17) is 0 Å². The zero-order valence-electron chi connectivity index (χ0n) is 9.55. The molecule has 1 aliphatic rings. The molecule has 84 valence electrons. The quantitative estimate of drug-likeness (QED) is 0.802. The summed E-state index contributed by atoms with van der Waals surface area (Å²) in [5.41, 5.74) is 2.45. The van der Waals surface area contributed by atoms with Gasteiger partial charge in [0.2, 0.25) is 0 Å². The predicted molar refractivity (Wildman–Crippen MR) is 64.2 cm³/mol. The van der Waals surface area contributed by atoms with E-state index in [1.807, 2.05) is 0 Å². The number of rotatable bonds is 3. The average Bonchev–Trinajstić information content (AvgIpc) is 2.61. The smallest absolute Gasteiger partial charge is 0.165 e. The zero-order valence-corrected chi connectivity index (χ0v) is 10.4. The lowest BCUT2D eigenvalue weighted by Gasteiger charge is -2.25. The number of thioether (sulfide) groups is 1. The molecule has 0 bridgehead atoms. The molecule has 0 amide bonds. The van der Waals surface area contributed by atoms with Crippen LogP contribution in [0.1, 0.15) is 30.7 Å². The van der Waals surface area contributed by atoms with E-state index < -0.39 is 0 Å². The fourth-order valence-electron chi connectivity index (χ4n) is 2.05. The molecule has 2 rings (SSSR count). The Morgan fingerprint density at radius 2 is 2.07 bits per heavy atom. The van der Waals surface area contributed by atoms with Crippen molar-refractivity contribution in [3.05, 3.63) is 11.4 Å².